The normalized spacial score (nSPS) is 13.9. The summed E-state index contributed by atoms with van der Waals surface area (Å²) in [6.07, 6.45) is 83.5. The number of rotatable bonds is 47. The minimum absolute atomic E-state index is 0.0712. The minimum Gasteiger partial charge on any atom is -0.394 e. The zero-order valence-electron chi connectivity index (χ0n) is 41.8. The van der Waals surface area contributed by atoms with E-state index in [0.29, 0.717) is 6.42 Å². The Balaban J connectivity index is 3.56. The van der Waals surface area contributed by atoms with E-state index in [9.17, 15) is 15.0 Å². The fourth-order valence-electron chi connectivity index (χ4n) is 7.41. The maximum absolute atomic E-state index is 12.4. The lowest BCUT2D eigenvalue weighted by Gasteiger charge is -2.20. The van der Waals surface area contributed by atoms with Crippen LogP contribution in [0.2, 0.25) is 0 Å². The van der Waals surface area contributed by atoms with Gasteiger partial charge in [-0.15, -0.1) is 0 Å². The van der Waals surface area contributed by atoms with Crippen molar-refractivity contribution >= 4 is 5.91 Å². The number of nitrogens with one attached hydrogen (secondary N) is 1. The highest BCUT2D eigenvalue weighted by atomic mass is 16.3. The van der Waals surface area contributed by atoms with E-state index >= 15 is 0 Å². The van der Waals surface area contributed by atoms with E-state index in [2.05, 4.69) is 129 Å². The highest BCUT2D eigenvalue weighted by molar-refractivity contribution is 5.76. The third-order valence-electron chi connectivity index (χ3n) is 11.5. The van der Waals surface area contributed by atoms with E-state index in [4.69, 9.17) is 0 Å². The standard InChI is InChI=1S/C60H101NO3/c1-3-5-7-9-11-13-15-16-17-18-19-20-21-22-23-24-25-26-27-28-29-30-31-32-33-34-35-36-37-38-39-40-41-42-43-44-46-48-50-52-54-56-60(64)61-58(57-62)59(63)55-53-51-49-47-45-14-12-10-8-6-4-2/h5,7,11,13,16-17,19-20,22-23,25-26,28-29,31-32,34-35,53,55,58-59,62-63H,3-4,6,8-10,12,14-15,18,21,24,27,30,33,36-52,54,56-57H2,1-2H3,(H,61,64)/b7-5-,13-11-,17-16-,20-19-,23-22-,26-25-,29-28-,32-31-,35-34-,55-53+. The van der Waals surface area contributed by atoms with Crippen LogP contribution in [0, 0.1) is 0 Å². The van der Waals surface area contributed by atoms with Crippen molar-refractivity contribution in [1.29, 1.82) is 0 Å². The molecule has 0 bridgehead atoms. The summed E-state index contributed by atoms with van der Waals surface area (Å²) >= 11 is 0. The molecule has 1 amide bonds. The number of hydrogen-bond acceptors (Lipinski definition) is 3. The lowest BCUT2D eigenvalue weighted by atomic mass is 10.0. The number of allylic oxidation sites excluding steroid dienone is 19. The molecule has 0 saturated heterocycles. The molecule has 0 aromatic carbocycles. The summed E-state index contributed by atoms with van der Waals surface area (Å²) < 4.78 is 0. The van der Waals surface area contributed by atoms with Crippen LogP contribution in [0.1, 0.15) is 232 Å². The average molecular weight is 884 g/mol. The zero-order chi connectivity index (χ0) is 46.3. The third kappa shape index (κ3) is 49.8. The van der Waals surface area contributed by atoms with Crippen molar-refractivity contribution in [1.82, 2.24) is 5.32 Å². The second kappa shape index (κ2) is 54.1. The third-order valence-corrected chi connectivity index (χ3v) is 11.5. The molecule has 4 nitrogen and oxygen atoms in total. The number of hydrogen-bond donors (Lipinski definition) is 3. The van der Waals surface area contributed by atoms with Crippen molar-refractivity contribution in [3.05, 3.63) is 122 Å². The molecule has 0 radical (unpaired) electrons. The van der Waals surface area contributed by atoms with Crippen LogP contribution in [0.25, 0.3) is 0 Å². The van der Waals surface area contributed by atoms with Gasteiger partial charge in [-0.2, -0.15) is 0 Å². The summed E-state index contributed by atoms with van der Waals surface area (Å²) in [5.74, 6) is -0.0712. The summed E-state index contributed by atoms with van der Waals surface area (Å²) in [6, 6.07) is -0.627. The van der Waals surface area contributed by atoms with E-state index in [1.54, 1.807) is 6.08 Å². The molecule has 2 unspecified atom stereocenters. The van der Waals surface area contributed by atoms with Crippen LogP contribution < -0.4 is 5.32 Å². The maximum Gasteiger partial charge on any atom is 0.220 e. The molecule has 0 fully saturated rings. The largest absolute Gasteiger partial charge is 0.394 e. The van der Waals surface area contributed by atoms with Crippen LogP contribution in [0.15, 0.2) is 122 Å². The van der Waals surface area contributed by atoms with Crippen LogP contribution in [-0.2, 0) is 4.79 Å². The summed E-state index contributed by atoms with van der Waals surface area (Å²) in [5.41, 5.74) is 0. The maximum atomic E-state index is 12.4. The Bertz CT molecular complexity index is 1280. The van der Waals surface area contributed by atoms with Gasteiger partial charge in [0, 0.05) is 6.42 Å². The monoisotopic (exact) mass is 884 g/mol. The quantitative estimate of drug-likeness (QED) is 0.0421. The van der Waals surface area contributed by atoms with Crippen LogP contribution in [0.4, 0.5) is 0 Å². The summed E-state index contributed by atoms with van der Waals surface area (Å²) in [5, 5.41) is 23.0. The van der Waals surface area contributed by atoms with Gasteiger partial charge < -0.3 is 15.5 Å². The van der Waals surface area contributed by atoms with E-state index in [1.165, 1.54) is 128 Å². The minimum atomic E-state index is -0.844. The van der Waals surface area contributed by atoms with Crippen LogP contribution in [0.5, 0.6) is 0 Å². The first-order chi connectivity index (χ1) is 31.7. The second-order valence-electron chi connectivity index (χ2n) is 17.6. The Morgan fingerprint density at radius 2 is 0.688 bits per heavy atom. The topological polar surface area (TPSA) is 69.6 Å². The molecule has 2 atom stereocenters. The van der Waals surface area contributed by atoms with Crippen molar-refractivity contribution in [2.75, 3.05) is 6.61 Å². The van der Waals surface area contributed by atoms with Crippen LogP contribution >= 0.6 is 0 Å². The fraction of sp³-hybridized carbons (Fsp3) is 0.650. The average Bonchev–Trinajstić information content (AvgIpc) is 3.30. The number of aliphatic hydroxyl groups excluding tert-OH is 2. The Labute approximate surface area is 397 Å². The summed E-state index contributed by atoms with van der Waals surface area (Å²) in [6.45, 7) is 4.17. The number of unbranched alkanes of at least 4 members (excludes halogenated alkanes) is 22. The van der Waals surface area contributed by atoms with Gasteiger partial charge in [0.15, 0.2) is 0 Å². The van der Waals surface area contributed by atoms with Crippen molar-refractivity contribution in [2.24, 2.45) is 0 Å². The van der Waals surface area contributed by atoms with Gasteiger partial charge in [-0.25, -0.2) is 0 Å². The SMILES string of the molecule is CC/C=C\C/C=C\C/C=C\C/C=C\C/C=C\C/C=C\C/C=C\C/C=C\C/C=C\CCCCCCCCCCCCCCCC(=O)NC(CO)C(O)/C=C/CCCCCCCCCCC. The first-order valence-corrected chi connectivity index (χ1v) is 26.7. The van der Waals surface area contributed by atoms with Crippen LogP contribution in [-0.4, -0.2) is 34.9 Å². The molecule has 0 aliphatic rings. The van der Waals surface area contributed by atoms with E-state index in [1.807, 2.05) is 6.08 Å². The fourth-order valence-corrected chi connectivity index (χ4v) is 7.41. The highest BCUT2D eigenvalue weighted by Crippen LogP contribution is 2.15. The molecule has 0 heterocycles. The first kappa shape index (κ1) is 60.8. The first-order valence-electron chi connectivity index (χ1n) is 26.7. The Hall–Kier alpha value is -3.21. The predicted octanol–water partition coefficient (Wildman–Crippen LogP) is 17.7. The molecular weight excluding hydrogens is 783 g/mol. The van der Waals surface area contributed by atoms with Gasteiger partial charge in [-0.1, -0.05) is 257 Å². The van der Waals surface area contributed by atoms with E-state index < -0.39 is 12.1 Å². The lowest BCUT2D eigenvalue weighted by molar-refractivity contribution is -0.123. The molecule has 0 aromatic rings. The van der Waals surface area contributed by atoms with Gasteiger partial charge >= 0.3 is 0 Å². The number of amides is 1. The molecule has 3 N–H and O–H groups in total. The van der Waals surface area contributed by atoms with Crippen molar-refractivity contribution in [3.63, 3.8) is 0 Å². The van der Waals surface area contributed by atoms with Gasteiger partial charge in [-0.05, 0) is 89.9 Å². The molecule has 0 aromatic heterocycles. The van der Waals surface area contributed by atoms with Gasteiger partial charge in [-0.3, -0.25) is 4.79 Å². The van der Waals surface area contributed by atoms with Gasteiger partial charge in [0.2, 0.25) is 5.91 Å². The van der Waals surface area contributed by atoms with E-state index in [-0.39, 0.29) is 12.5 Å². The molecule has 64 heavy (non-hydrogen) atoms. The molecule has 0 rings (SSSR count). The van der Waals surface area contributed by atoms with Crippen molar-refractivity contribution in [3.8, 4) is 0 Å². The molecule has 0 aliphatic heterocycles. The number of carbonyl (C=O) groups excluding carboxylic acids is 1. The molecule has 0 aliphatic carbocycles. The molecule has 0 saturated carbocycles. The molecular formula is C60H101NO3. The highest BCUT2D eigenvalue weighted by Gasteiger charge is 2.18. The Kier molecular flexibility index (Phi) is 51.4. The molecule has 0 spiro atoms. The Morgan fingerprint density at radius 1 is 0.391 bits per heavy atom. The van der Waals surface area contributed by atoms with E-state index in [0.717, 1.165) is 83.5 Å². The van der Waals surface area contributed by atoms with Crippen LogP contribution in [0.3, 0.4) is 0 Å². The van der Waals surface area contributed by atoms with Gasteiger partial charge in [0.05, 0.1) is 18.8 Å². The Morgan fingerprint density at radius 3 is 1.03 bits per heavy atom. The molecule has 4 heteroatoms. The lowest BCUT2D eigenvalue weighted by Crippen LogP contribution is -2.45. The second-order valence-corrected chi connectivity index (χ2v) is 17.6. The van der Waals surface area contributed by atoms with Crippen molar-refractivity contribution < 1.29 is 15.0 Å². The van der Waals surface area contributed by atoms with Crippen molar-refractivity contribution in [2.45, 2.75) is 244 Å². The van der Waals surface area contributed by atoms with Gasteiger partial charge in [0.1, 0.15) is 0 Å². The smallest absolute Gasteiger partial charge is 0.220 e. The number of carbonyl (C=O) groups is 1. The summed E-state index contributed by atoms with van der Waals surface area (Å²) in [7, 11) is 0. The zero-order valence-corrected chi connectivity index (χ0v) is 41.8. The molecule has 364 valence electrons. The number of aliphatic hydroxyl groups is 2. The van der Waals surface area contributed by atoms with Gasteiger partial charge in [0.25, 0.3) is 0 Å². The predicted molar refractivity (Wildman–Crippen MR) is 285 cm³/mol. The summed E-state index contributed by atoms with van der Waals surface area (Å²) in [4.78, 5) is 12.4.